The predicted octanol–water partition coefficient (Wildman–Crippen LogP) is 14.4. The summed E-state index contributed by atoms with van der Waals surface area (Å²) >= 11 is 0. The first-order chi connectivity index (χ1) is 32.5. The number of aliphatic imine (C=N–C) groups is 2. The Bertz CT molecular complexity index is 3430. The molecule has 0 amide bonds. The van der Waals surface area contributed by atoms with Crippen molar-refractivity contribution in [3.05, 3.63) is 262 Å². The lowest BCUT2D eigenvalue weighted by molar-refractivity contribution is 0.361. The number of hydrogen-bond acceptors (Lipinski definition) is 5. The van der Waals surface area contributed by atoms with Crippen molar-refractivity contribution in [3.63, 3.8) is 0 Å². The zero-order chi connectivity index (χ0) is 44.0. The first kappa shape index (κ1) is 38.2. The van der Waals surface area contributed by atoms with Crippen LogP contribution in [0.4, 0.5) is 0 Å². The van der Waals surface area contributed by atoms with Crippen molar-refractivity contribution in [2.45, 2.75) is 30.8 Å². The molecule has 0 fully saturated rings. The lowest BCUT2D eigenvalue weighted by atomic mass is 9.68. The monoisotopic (exact) mass is 849 g/mol. The van der Waals surface area contributed by atoms with E-state index in [4.69, 9.17) is 19.5 Å². The second-order valence-corrected chi connectivity index (χ2v) is 18.1. The molecule has 5 heteroatoms. The molecule has 66 heavy (non-hydrogen) atoms. The third-order valence-corrected chi connectivity index (χ3v) is 14.1. The number of para-hydroxylation sites is 1. The molecule has 2 aliphatic carbocycles. The van der Waals surface area contributed by atoms with Gasteiger partial charge in [-0.15, -0.1) is 0 Å². The van der Waals surface area contributed by atoms with Gasteiger partial charge in [-0.3, -0.25) is 0 Å². The van der Waals surface area contributed by atoms with E-state index in [9.17, 15) is 0 Å². The summed E-state index contributed by atoms with van der Waals surface area (Å²) in [5, 5.41) is 3.62. The number of ether oxygens (including phenoxy) is 2. The van der Waals surface area contributed by atoms with E-state index in [1.807, 2.05) is 30.3 Å². The van der Waals surface area contributed by atoms with Crippen LogP contribution in [0, 0.1) is 0 Å². The fourth-order valence-electron chi connectivity index (χ4n) is 11.0. The minimum absolute atomic E-state index is 0.127. The lowest BCUT2D eigenvalue weighted by Crippen LogP contribution is -2.36. The fourth-order valence-corrected chi connectivity index (χ4v) is 11.0. The molecule has 1 N–H and O–H groups in total. The standard InChI is InChI=1S/C61H43N3O2/c1-60(2)48-26-14-12-23-45(48)46-34-33-41(37-51(46)60)59-63-57(39-17-6-3-7-18-39)62-58(64-59)40-31-29-38(30-32-40)44-25-16-28-52-55(44)65-53-36-35-50-54(56(53)66-52)47-24-13-15-27-49(47)61(50,42-19-8-4-9-20-42)43-21-10-5-11-22-43/h3-37,58H,1-2H3,(H,62,63,64). The zero-order valence-electron chi connectivity index (χ0n) is 36.5. The highest BCUT2D eigenvalue weighted by Gasteiger charge is 2.48. The molecular formula is C61H43N3O2. The van der Waals surface area contributed by atoms with Crippen LogP contribution in [-0.2, 0) is 10.8 Å². The fraction of sp³-hybridized carbons (Fsp3) is 0.0820. The quantitative estimate of drug-likeness (QED) is 0.181. The second-order valence-electron chi connectivity index (χ2n) is 18.1. The molecule has 0 bridgehead atoms. The molecule has 314 valence electrons. The summed E-state index contributed by atoms with van der Waals surface area (Å²) in [5.41, 5.74) is 16.6. The van der Waals surface area contributed by atoms with E-state index in [0.717, 1.165) is 56.4 Å². The molecule has 1 unspecified atom stereocenters. The largest absolute Gasteiger partial charge is 0.449 e. The summed E-state index contributed by atoms with van der Waals surface area (Å²) in [4.78, 5) is 10.5. The van der Waals surface area contributed by atoms with Gasteiger partial charge >= 0.3 is 0 Å². The molecule has 9 aromatic carbocycles. The van der Waals surface area contributed by atoms with Gasteiger partial charge in [-0.25, -0.2) is 9.98 Å². The van der Waals surface area contributed by atoms with Gasteiger partial charge in [0.25, 0.3) is 0 Å². The van der Waals surface area contributed by atoms with Gasteiger partial charge in [-0.05, 0) is 79.4 Å². The van der Waals surface area contributed by atoms with Crippen LogP contribution >= 0.6 is 0 Å². The average Bonchev–Trinajstić information content (AvgIpc) is 3.82. The Morgan fingerprint density at radius 2 is 0.970 bits per heavy atom. The number of fused-ring (bicyclic) bond motifs is 9. The van der Waals surface area contributed by atoms with E-state index in [-0.39, 0.29) is 5.41 Å². The Morgan fingerprint density at radius 1 is 0.409 bits per heavy atom. The van der Waals surface area contributed by atoms with Gasteiger partial charge in [0.15, 0.2) is 29.2 Å². The Hall–Kier alpha value is -8.28. The molecule has 1 atom stereocenters. The van der Waals surface area contributed by atoms with Gasteiger partial charge in [-0.1, -0.05) is 208 Å². The van der Waals surface area contributed by atoms with E-state index in [1.54, 1.807) is 0 Å². The number of benzene rings is 9. The summed E-state index contributed by atoms with van der Waals surface area (Å²) in [6.45, 7) is 4.62. The smallest absolute Gasteiger partial charge is 0.178 e. The maximum Gasteiger partial charge on any atom is 0.178 e. The van der Waals surface area contributed by atoms with Crippen molar-refractivity contribution in [1.29, 1.82) is 0 Å². The van der Waals surface area contributed by atoms with E-state index in [0.29, 0.717) is 17.2 Å². The van der Waals surface area contributed by atoms with Gasteiger partial charge in [0.2, 0.25) is 0 Å². The molecule has 0 saturated heterocycles. The number of nitrogens with one attached hydrogen (secondary N) is 1. The highest BCUT2D eigenvalue weighted by atomic mass is 16.6. The average molecular weight is 850 g/mol. The van der Waals surface area contributed by atoms with Crippen molar-refractivity contribution in [1.82, 2.24) is 5.32 Å². The Balaban J connectivity index is 0.862. The van der Waals surface area contributed by atoms with Crippen molar-refractivity contribution in [2.24, 2.45) is 9.98 Å². The van der Waals surface area contributed by atoms with Crippen LogP contribution in [0.1, 0.15) is 70.1 Å². The van der Waals surface area contributed by atoms with Gasteiger partial charge in [-0.2, -0.15) is 0 Å². The van der Waals surface area contributed by atoms with Crippen LogP contribution in [0.5, 0.6) is 23.0 Å². The highest BCUT2D eigenvalue weighted by Crippen LogP contribution is 2.63. The molecule has 2 aliphatic heterocycles. The summed E-state index contributed by atoms with van der Waals surface area (Å²) < 4.78 is 14.0. The molecule has 5 nitrogen and oxygen atoms in total. The van der Waals surface area contributed by atoms with Gasteiger partial charge < -0.3 is 14.8 Å². The summed E-state index contributed by atoms with van der Waals surface area (Å²) in [5.74, 6) is 4.38. The molecule has 0 saturated carbocycles. The predicted molar refractivity (Wildman–Crippen MR) is 265 cm³/mol. The minimum atomic E-state index is -0.535. The van der Waals surface area contributed by atoms with Crippen molar-refractivity contribution < 1.29 is 9.47 Å². The molecule has 0 radical (unpaired) electrons. The van der Waals surface area contributed by atoms with Crippen molar-refractivity contribution >= 4 is 11.7 Å². The molecular weight excluding hydrogens is 807 g/mol. The van der Waals surface area contributed by atoms with Crippen LogP contribution < -0.4 is 14.8 Å². The van der Waals surface area contributed by atoms with Gasteiger partial charge in [0.1, 0.15) is 11.7 Å². The Labute approximate surface area is 384 Å². The molecule has 0 aromatic heterocycles. The number of amidine groups is 2. The molecule has 13 rings (SSSR count). The number of hydrogen-bond donors (Lipinski definition) is 1. The highest BCUT2D eigenvalue weighted by molar-refractivity contribution is 6.16. The van der Waals surface area contributed by atoms with E-state index in [2.05, 4.69) is 201 Å². The topological polar surface area (TPSA) is 55.2 Å². The van der Waals surface area contributed by atoms with Crippen LogP contribution in [-0.4, -0.2) is 11.7 Å². The second kappa shape index (κ2) is 14.6. The van der Waals surface area contributed by atoms with Crippen LogP contribution in [0.15, 0.2) is 222 Å². The third-order valence-electron chi connectivity index (χ3n) is 14.1. The van der Waals surface area contributed by atoms with E-state index < -0.39 is 11.6 Å². The number of rotatable bonds is 6. The van der Waals surface area contributed by atoms with E-state index >= 15 is 0 Å². The lowest BCUT2D eigenvalue weighted by Gasteiger charge is -2.34. The Morgan fingerprint density at radius 3 is 1.70 bits per heavy atom. The first-order valence-electron chi connectivity index (χ1n) is 22.7. The van der Waals surface area contributed by atoms with Crippen LogP contribution in [0.2, 0.25) is 0 Å². The molecule has 2 heterocycles. The summed E-state index contributed by atoms with van der Waals surface area (Å²) in [7, 11) is 0. The maximum atomic E-state index is 7.02. The molecule has 9 aromatic rings. The maximum absolute atomic E-state index is 7.02. The zero-order valence-corrected chi connectivity index (χ0v) is 36.5. The normalized spacial score (nSPS) is 16.4. The molecule has 4 aliphatic rings. The van der Waals surface area contributed by atoms with Crippen molar-refractivity contribution in [3.8, 4) is 56.4 Å². The Kier molecular flexibility index (Phi) is 8.47. The summed E-state index contributed by atoms with van der Waals surface area (Å²) in [6.07, 6.45) is -0.455. The van der Waals surface area contributed by atoms with Crippen LogP contribution in [0.3, 0.4) is 0 Å². The van der Waals surface area contributed by atoms with Gasteiger partial charge in [0, 0.05) is 27.7 Å². The SMILES string of the molecule is CC1(C)c2ccccc2-c2ccc(C3=NC(c4ccc(-c5cccc6c5Oc5ccc7c(c5O6)-c5ccccc5C7(c5ccccc5)c5ccccc5)cc4)N=C(c4ccccc4)N3)cc21. The molecule has 0 spiro atoms. The van der Waals surface area contributed by atoms with Gasteiger partial charge in [0.05, 0.1) is 5.41 Å². The summed E-state index contributed by atoms with van der Waals surface area (Å²) in [6, 6.07) is 75.2. The van der Waals surface area contributed by atoms with Crippen LogP contribution in [0.25, 0.3) is 33.4 Å². The third kappa shape index (κ3) is 5.66. The number of nitrogens with zero attached hydrogens (tertiary/aromatic N) is 2. The minimum Gasteiger partial charge on any atom is -0.449 e. The van der Waals surface area contributed by atoms with Crippen molar-refractivity contribution in [2.75, 3.05) is 0 Å². The first-order valence-corrected chi connectivity index (χ1v) is 22.7. The van der Waals surface area contributed by atoms with E-state index in [1.165, 1.54) is 44.5 Å².